The van der Waals surface area contributed by atoms with Crippen LogP contribution in [0.1, 0.15) is 72.0 Å². The van der Waals surface area contributed by atoms with Crippen molar-refractivity contribution in [3.05, 3.63) is 47.3 Å². The number of ether oxygens (including phenoxy) is 1. The van der Waals surface area contributed by atoms with Crippen molar-refractivity contribution >= 4 is 23.5 Å². The van der Waals surface area contributed by atoms with E-state index in [4.69, 9.17) is 4.74 Å². The first-order valence-electron chi connectivity index (χ1n) is 10.3. The molecule has 29 heavy (non-hydrogen) atoms. The number of hydrogen-bond acceptors (Lipinski definition) is 6. The van der Waals surface area contributed by atoms with Gasteiger partial charge in [0.1, 0.15) is 5.69 Å². The Morgan fingerprint density at radius 2 is 1.76 bits per heavy atom. The molecular formula is C22H28N4O3. The minimum absolute atomic E-state index is 0.308. The van der Waals surface area contributed by atoms with Crippen LogP contribution in [0.2, 0.25) is 0 Å². The average Bonchev–Trinajstić information content (AvgIpc) is 2.97. The molecule has 1 amide bonds. The Morgan fingerprint density at radius 3 is 2.41 bits per heavy atom. The van der Waals surface area contributed by atoms with Gasteiger partial charge in [-0.2, -0.15) is 0 Å². The Bertz CT molecular complexity index is 844. The summed E-state index contributed by atoms with van der Waals surface area (Å²) in [6.07, 6.45) is 7.17. The second-order valence-electron chi connectivity index (χ2n) is 7.30. The first-order chi connectivity index (χ1) is 14.0. The molecule has 3 rings (SSSR count). The highest BCUT2D eigenvalue weighted by Gasteiger charge is 2.16. The summed E-state index contributed by atoms with van der Waals surface area (Å²) < 4.78 is 4.96. The molecular weight excluding hydrogens is 368 g/mol. The molecule has 1 saturated carbocycles. The smallest absolute Gasteiger partial charge is 0.338 e. The lowest BCUT2D eigenvalue weighted by Gasteiger charge is -2.17. The van der Waals surface area contributed by atoms with E-state index in [-0.39, 0.29) is 11.9 Å². The molecule has 1 aliphatic carbocycles. The topological polar surface area (TPSA) is 93.2 Å². The van der Waals surface area contributed by atoms with Gasteiger partial charge in [-0.25, -0.2) is 14.8 Å². The number of nitrogens with zero attached hydrogens (tertiary/aromatic N) is 2. The summed E-state index contributed by atoms with van der Waals surface area (Å²) in [7, 11) is 0. The molecule has 7 heteroatoms. The predicted octanol–water partition coefficient (Wildman–Crippen LogP) is 4.35. The monoisotopic (exact) mass is 396 g/mol. The van der Waals surface area contributed by atoms with Gasteiger partial charge in [-0.3, -0.25) is 4.79 Å². The van der Waals surface area contributed by atoms with Crippen molar-refractivity contribution in [1.29, 1.82) is 0 Å². The van der Waals surface area contributed by atoms with Crippen LogP contribution >= 0.6 is 0 Å². The lowest BCUT2D eigenvalue weighted by atomic mass is 10.1. The molecule has 0 bridgehead atoms. The van der Waals surface area contributed by atoms with E-state index >= 15 is 0 Å². The highest BCUT2D eigenvalue weighted by atomic mass is 16.5. The van der Waals surface area contributed by atoms with Crippen molar-refractivity contribution in [2.45, 2.75) is 58.4 Å². The summed E-state index contributed by atoms with van der Waals surface area (Å²) in [6.45, 7) is 3.93. The summed E-state index contributed by atoms with van der Waals surface area (Å²) in [5.74, 6) is -0.200. The van der Waals surface area contributed by atoms with Crippen molar-refractivity contribution in [1.82, 2.24) is 9.97 Å². The number of esters is 1. The molecule has 2 aromatic rings. The largest absolute Gasteiger partial charge is 0.462 e. The molecule has 0 radical (unpaired) electrons. The molecule has 0 unspecified atom stereocenters. The summed E-state index contributed by atoms with van der Waals surface area (Å²) in [5.41, 5.74) is 2.07. The third-order valence-corrected chi connectivity index (χ3v) is 4.93. The summed E-state index contributed by atoms with van der Waals surface area (Å²) >= 11 is 0. The van der Waals surface area contributed by atoms with Crippen molar-refractivity contribution in [3.8, 4) is 0 Å². The zero-order chi connectivity index (χ0) is 20.6. The SMILES string of the molecule is CCOC(=O)c1ccc(NC(=O)c2cc(C)nc(NC3CCCCCC3)n2)cc1. The van der Waals surface area contributed by atoms with Gasteiger partial charge in [-0.15, -0.1) is 0 Å². The standard InChI is InChI=1S/C22H28N4O3/c1-3-29-21(28)16-10-12-18(13-11-16)24-20(27)19-14-15(2)23-22(26-19)25-17-8-6-4-5-7-9-17/h10-14,17H,3-9H2,1-2H3,(H,24,27)(H,23,25,26). The van der Waals surface area contributed by atoms with Gasteiger partial charge in [0.25, 0.3) is 5.91 Å². The van der Waals surface area contributed by atoms with Crippen molar-refractivity contribution < 1.29 is 14.3 Å². The zero-order valence-electron chi connectivity index (χ0n) is 17.0. The Kier molecular flexibility index (Phi) is 7.16. The molecule has 0 saturated heterocycles. The second kappa shape index (κ2) is 10.0. The molecule has 1 aliphatic rings. The van der Waals surface area contributed by atoms with Crippen LogP contribution in [-0.2, 0) is 4.74 Å². The number of amides is 1. The third-order valence-electron chi connectivity index (χ3n) is 4.93. The lowest BCUT2D eigenvalue weighted by Crippen LogP contribution is -2.22. The lowest BCUT2D eigenvalue weighted by molar-refractivity contribution is 0.0526. The number of carbonyl (C=O) groups excluding carboxylic acids is 2. The van der Waals surface area contributed by atoms with E-state index in [0.717, 1.165) is 18.5 Å². The molecule has 0 spiro atoms. The fourth-order valence-corrected chi connectivity index (χ4v) is 3.45. The van der Waals surface area contributed by atoms with E-state index < -0.39 is 0 Å². The van der Waals surface area contributed by atoms with E-state index in [2.05, 4.69) is 20.6 Å². The van der Waals surface area contributed by atoms with Gasteiger partial charge in [0, 0.05) is 17.4 Å². The van der Waals surface area contributed by atoms with Gasteiger partial charge < -0.3 is 15.4 Å². The molecule has 1 aromatic carbocycles. The zero-order valence-corrected chi connectivity index (χ0v) is 17.0. The number of carbonyl (C=O) groups is 2. The van der Waals surface area contributed by atoms with Crippen LogP contribution < -0.4 is 10.6 Å². The molecule has 0 aliphatic heterocycles. The second-order valence-corrected chi connectivity index (χ2v) is 7.30. The number of rotatable bonds is 6. The van der Waals surface area contributed by atoms with Gasteiger partial charge in [0.05, 0.1) is 12.2 Å². The first kappa shape index (κ1) is 20.8. The van der Waals surface area contributed by atoms with E-state index in [1.807, 2.05) is 6.92 Å². The van der Waals surface area contributed by atoms with Crippen LogP contribution in [0.25, 0.3) is 0 Å². The molecule has 2 N–H and O–H groups in total. The van der Waals surface area contributed by atoms with Crippen LogP contribution in [0.3, 0.4) is 0 Å². The van der Waals surface area contributed by atoms with E-state index in [0.29, 0.717) is 35.5 Å². The van der Waals surface area contributed by atoms with Gasteiger partial charge in [0.2, 0.25) is 5.95 Å². The number of anilines is 2. The average molecular weight is 396 g/mol. The Labute approximate surface area is 171 Å². The predicted molar refractivity (Wildman–Crippen MR) is 112 cm³/mol. The third kappa shape index (κ3) is 6.01. The van der Waals surface area contributed by atoms with Gasteiger partial charge >= 0.3 is 5.97 Å². The summed E-state index contributed by atoms with van der Waals surface area (Å²) in [5, 5.41) is 6.21. The minimum Gasteiger partial charge on any atom is -0.462 e. The molecule has 1 aromatic heterocycles. The fourth-order valence-electron chi connectivity index (χ4n) is 3.45. The van der Waals surface area contributed by atoms with E-state index in [9.17, 15) is 9.59 Å². The number of aryl methyl sites for hydroxylation is 1. The Balaban J connectivity index is 1.67. The van der Waals surface area contributed by atoms with Crippen LogP contribution in [-0.4, -0.2) is 34.5 Å². The maximum Gasteiger partial charge on any atom is 0.338 e. The first-order valence-corrected chi connectivity index (χ1v) is 10.3. The maximum absolute atomic E-state index is 12.7. The van der Waals surface area contributed by atoms with Crippen molar-refractivity contribution in [3.63, 3.8) is 0 Å². The normalized spacial score (nSPS) is 14.7. The number of benzene rings is 1. The Morgan fingerprint density at radius 1 is 1.07 bits per heavy atom. The number of hydrogen-bond donors (Lipinski definition) is 2. The quantitative estimate of drug-likeness (QED) is 0.557. The van der Waals surface area contributed by atoms with Crippen LogP contribution in [0, 0.1) is 6.92 Å². The van der Waals surface area contributed by atoms with Gasteiger partial charge in [0.15, 0.2) is 0 Å². The molecule has 1 fully saturated rings. The maximum atomic E-state index is 12.7. The molecule has 154 valence electrons. The minimum atomic E-state index is -0.383. The van der Waals surface area contributed by atoms with Crippen molar-refractivity contribution in [2.24, 2.45) is 0 Å². The molecule has 7 nitrogen and oxygen atoms in total. The van der Waals surface area contributed by atoms with Gasteiger partial charge in [-0.05, 0) is 57.0 Å². The number of aromatic nitrogens is 2. The highest BCUT2D eigenvalue weighted by molar-refractivity contribution is 6.03. The Hall–Kier alpha value is -2.96. The number of nitrogens with one attached hydrogen (secondary N) is 2. The fraction of sp³-hybridized carbons (Fsp3) is 0.455. The van der Waals surface area contributed by atoms with E-state index in [1.165, 1.54) is 25.7 Å². The van der Waals surface area contributed by atoms with Crippen molar-refractivity contribution in [2.75, 3.05) is 17.2 Å². The summed E-state index contributed by atoms with van der Waals surface area (Å²) in [4.78, 5) is 33.3. The van der Waals surface area contributed by atoms with Gasteiger partial charge in [-0.1, -0.05) is 25.7 Å². The van der Waals surface area contributed by atoms with E-state index in [1.54, 1.807) is 37.3 Å². The van der Waals surface area contributed by atoms with Crippen LogP contribution in [0.5, 0.6) is 0 Å². The van der Waals surface area contributed by atoms with Crippen LogP contribution in [0.15, 0.2) is 30.3 Å². The summed E-state index contributed by atoms with van der Waals surface area (Å²) in [6, 6.07) is 8.60. The molecule has 0 atom stereocenters. The highest BCUT2D eigenvalue weighted by Crippen LogP contribution is 2.20. The molecule has 1 heterocycles. The van der Waals surface area contributed by atoms with Crippen LogP contribution in [0.4, 0.5) is 11.6 Å².